The van der Waals surface area contributed by atoms with Crippen LogP contribution >= 0.6 is 0 Å². The van der Waals surface area contributed by atoms with E-state index < -0.39 is 0 Å². The first-order valence-electron chi connectivity index (χ1n) is 6.73. The Balaban J connectivity index is 2.45. The molecule has 0 radical (unpaired) electrons. The lowest BCUT2D eigenvalue weighted by Crippen LogP contribution is -2.53. The predicted molar refractivity (Wildman–Crippen MR) is 78.0 cm³/mol. The zero-order valence-corrected chi connectivity index (χ0v) is 12.2. The summed E-state index contributed by atoms with van der Waals surface area (Å²) >= 11 is 0. The van der Waals surface area contributed by atoms with E-state index in [-0.39, 0.29) is 11.4 Å². The number of hydrogen-bond donors (Lipinski definition) is 2. The summed E-state index contributed by atoms with van der Waals surface area (Å²) in [4.78, 5) is 13.8. The van der Waals surface area contributed by atoms with Crippen molar-refractivity contribution in [3.63, 3.8) is 0 Å². The van der Waals surface area contributed by atoms with Crippen LogP contribution in [0.3, 0.4) is 0 Å². The molecule has 0 spiro atoms. The van der Waals surface area contributed by atoms with Crippen LogP contribution in [0, 0.1) is 6.92 Å². The fourth-order valence-electron chi connectivity index (χ4n) is 3.10. The lowest BCUT2D eigenvalue weighted by atomic mass is 9.79. The molecule has 0 aromatic heterocycles. The largest absolute Gasteiger partial charge is 0.357 e. The number of carbonyl (C=O) groups is 1. The number of anilines is 1. The summed E-state index contributed by atoms with van der Waals surface area (Å²) in [7, 11) is 0. The fraction of sp³-hybridized carbons (Fsp3) is 0.533. The quantitative estimate of drug-likeness (QED) is 0.487. The van der Waals surface area contributed by atoms with Crippen LogP contribution < -0.4 is 16.2 Å². The van der Waals surface area contributed by atoms with Crippen molar-refractivity contribution in [3.05, 3.63) is 29.3 Å². The van der Waals surface area contributed by atoms with Gasteiger partial charge in [0.25, 0.3) is 5.91 Å². The molecule has 104 valence electrons. The number of rotatable bonds is 2. The molecule has 1 amide bonds. The summed E-state index contributed by atoms with van der Waals surface area (Å²) in [5, 5.41) is 0. The Hall–Kier alpha value is -1.55. The molecule has 1 aliphatic heterocycles. The summed E-state index contributed by atoms with van der Waals surface area (Å²) in [5.74, 6) is 5.57. The molecule has 1 heterocycles. The van der Waals surface area contributed by atoms with E-state index in [0.717, 1.165) is 12.1 Å². The number of hydrazine groups is 1. The van der Waals surface area contributed by atoms with E-state index in [1.165, 1.54) is 11.1 Å². The van der Waals surface area contributed by atoms with Gasteiger partial charge in [-0.25, -0.2) is 5.84 Å². The molecule has 1 atom stereocenters. The third-order valence-electron chi connectivity index (χ3n) is 4.00. The third-order valence-corrected chi connectivity index (χ3v) is 4.00. The molecule has 1 aliphatic rings. The summed E-state index contributed by atoms with van der Waals surface area (Å²) in [6.07, 6.45) is 1.03. The van der Waals surface area contributed by atoms with Crippen LogP contribution in [0.4, 0.5) is 5.69 Å². The topological polar surface area (TPSA) is 58.4 Å². The van der Waals surface area contributed by atoms with E-state index in [9.17, 15) is 4.79 Å². The summed E-state index contributed by atoms with van der Waals surface area (Å²) in [6.45, 7) is 9.00. The van der Waals surface area contributed by atoms with Crippen molar-refractivity contribution < 1.29 is 4.79 Å². The van der Waals surface area contributed by atoms with Crippen LogP contribution in [0.25, 0.3) is 0 Å². The average Bonchev–Trinajstić information content (AvgIpc) is 2.34. The van der Waals surface area contributed by atoms with Gasteiger partial charge in [0.1, 0.15) is 0 Å². The Morgan fingerprint density at radius 2 is 2.21 bits per heavy atom. The van der Waals surface area contributed by atoms with Crippen LogP contribution in [0.1, 0.15) is 44.2 Å². The molecular weight excluding hydrogens is 238 g/mol. The van der Waals surface area contributed by atoms with Gasteiger partial charge < -0.3 is 4.90 Å². The predicted octanol–water partition coefficient (Wildman–Crippen LogP) is 2.08. The third kappa shape index (κ3) is 2.59. The maximum Gasteiger partial charge on any atom is 0.253 e. The van der Waals surface area contributed by atoms with E-state index in [1.54, 1.807) is 0 Å². The smallest absolute Gasteiger partial charge is 0.253 e. The summed E-state index contributed by atoms with van der Waals surface area (Å²) in [5.41, 5.74) is 5.91. The molecule has 0 fully saturated rings. The minimum Gasteiger partial charge on any atom is -0.357 e. The van der Waals surface area contributed by atoms with E-state index in [0.29, 0.717) is 12.5 Å². The number of nitrogens with one attached hydrogen (secondary N) is 1. The lowest BCUT2D eigenvalue weighted by molar-refractivity contribution is -0.120. The summed E-state index contributed by atoms with van der Waals surface area (Å²) in [6, 6.07) is 6.44. The van der Waals surface area contributed by atoms with Gasteiger partial charge in [-0.05, 0) is 44.7 Å². The lowest BCUT2D eigenvalue weighted by Gasteiger charge is -2.47. The van der Waals surface area contributed by atoms with Crippen LogP contribution in [0.5, 0.6) is 0 Å². The van der Waals surface area contributed by atoms with Crippen LogP contribution in [0.2, 0.25) is 0 Å². The van der Waals surface area contributed by atoms with Gasteiger partial charge in [0.05, 0.1) is 6.54 Å². The van der Waals surface area contributed by atoms with Crippen molar-refractivity contribution in [2.75, 3.05) is 11.4 Å². The zero-order valence-electron chi connectivity index (χ0n) is 12.2. The molecule has 0 unspecified atom stereocenters. The van der Waals surface area contributed by atoms with Gasteiger partial charge >= 0.3 is 0 Å². The number of amides is 1. The normalized spacial score (nSPS) is 20.9. The molecule has 4 nitrogen and oxygen atoms in total. The average molecular weight is 261 g/mol. The molecule has 2 rings (SSSR count). The second kappa shape index (κ2) is 4.85. The number of hydrogen-bond acceptors (Lipinski definition) is 3. The Morgan fingerprint density at radius 1 is 1.53 bits per heavy atom. The number of carbonyl (C=O) groups excluding carboxylic acids is 1. The highest BCUT2D eigenvalue weighted by Crippen LogP contribution is 2.43. The molecule has 1 aromatic rings. The van der Waals surface area contributed by atoms with Gasteiger partial charge in [0, 0.05) is 11.2 Å². The Bertz CT molecular complexity index is 496. The number of nitrogens with zero attached hydrogens (tertiary/aromatic N) is 1. The molecule has 1 aromatic carbocycles. The molecular formula is C15H23N3O. The van der Waals surface area contributed by atoms with Crippen molar-refractivity contribution in [2.24, 2.45) is 5.84 Å². The van der Waals surface area contributed by atoms with E-state index in [4.69, 9.17) is 5.84 Å². The zero-order chi connectivity index (χ0) is 14.2. The number of nitrogens with two attached hydrogens (primary N) is 1. The Morgan fingerprint density at radius 3 is 2.84 bits per heavy atom. The van der Waals surface area contributed by atoms with Gasteiger partial charge in [-0.2, -0.15) is 0 Å². The maximum absolute atomic E-state index is 11.6. The van der Waals surface area contributed by atoms with Crippen LogP contribution in [0.15, 0.2) is 18.2 Å². The molecule has 4 heteroatoms. The van der Waals surface area contributed by atoms with Gasteiger partial charge in [-0.3, -0.25) is 10.2 Å². The molecule has 19 heavy (non-hydrogen) atoms. The molecule has 0 saturated carbocycles. The first-order valence-corrected chi connectivity index (χ1v) is 6.73. The molecule has 3 N–H and O–H groups in total. The second-order valence-corrected chi connectivity index (χ2v) is 6.13. The van der Waals surface area contributed by atoms with Crippen molar-refractivity contribution in [1.29, 1.82) is 0 Å². The minimum absolute atomic E-state index is 0.0474. The van der Waals surface area contributed by atoms with E-state index in [2.05, 4.69) is 56.2 Å². The standard InChI is InChI=1S/C15H23N3O/c1-10-5-6-13-12(7-10)11(2)8-15(3,4)18(13)9-14(19)17-16/h5-7,11H,8-9,16H2,1-4H3,(H,17,19)/t11-/m1/s1. The fourth-order valence-corrected chi connectivity index (χ4v) is 3.10. The Kier molecular flexibility index (Phi) is 3.54. The number of aryl methyl sites for hydroxylation is 1. The first kappa shape index (κ1) is 13.9. The van der Waals surface area contributed by atoms with E-state index in [1.807, 2.05) is 0 Å². The van der Waals surface area contributed by atoms with Crippen molar-refractivity contribution in [1.82, 2.24) is 5.43 Å². The second-order valence-electron chi connectivity index (χ2n) is 6.13. The van der Waals surface area contributed by atoms with E-state index >= 15 is 0 Å². The summed E-state index contributed by atoms with van der Waals surface area (Å²) < 4.78 is 0. The van der Waals surface area contributed by atoms with Gasteiger partial charge in [0.2, 0.25) is 0 Å². The monoisotopic (exact) mass is 261 g/mol. The molecule has 0 aliphatic carbocycles. The van der Waals surface area contributed by atoms with Crippen molar-refractivity contribution in [2.45, 2.75) is 45.6 Å². The van der Waals surface area contributed by atoms with Gasteiger partial charge in [-0.1, -0.05) is 24.6 Å². The molecule has 0 saturated heterocycles. The van der Waals surface area contributed by atoms with Gasteiger partial charge in [-0.15, -0.1) is 0 Å². The highest BCUT2D eigenvalue weighted by Gasteiger charge is 2.36. The number of fused-ring (bicyclic) bond motifs is 1. The van der Waals surface area contributed by atoms with Gasteiger partial charge in [0.15, 0.2) is 0 Å². The van der Waals surface area contributed by atoms with Crippen molar-refractivity contribution in [3.8, 4) is 0 Å². The maximum atomic E-state index is 11.6. The highest BCUT2D eigenvalue weighted by molar-refractivity contribution is 5.82. The van der Waals surface area contributed by atoms with Crippen LogP contribution in [-0.4, -0.2) is 18.0 Å². The SMILES string of the molecule is Cc1ccc2c(c1)[C@H](C)CC(C)(C)N2CC(=O)NN. The van der Waals surface area contributed by atoms with Crippen molar-refractivity contribution >= 4 is 11.6 Å². The Labute approximate surface area is 114 Å². The molecule has 0 bridgehead atoms. The number of benzene rings is 1. The highest BCUT2D eigenvalue weighted by atomic mass is 16.2. The first-order chi connectivity index (χ1) is 8.85. The minimum atomic E-state index is -0.158. The van der Waals surface area contributed by atoms with Crippen LogP contribution in [-0.2, 0) is 4.79 Å².